The topological polar surface area (TPSA) is 60.6 Å². The van der Waals surface area contributed by atoms with E-state index in [0.717, 1.165) is 42.7 Å². The Bertz CT molecular complexity index is 681. The number of nitrogens with two attached hydrogens (primary N) is 1. The summed E-state index contributed by atoms with van der Waals surface area (Å²) in [6.07, 6.45) is 0.497. The van der Waals surface area contributed by atoms with Crippen molar-refractivity contribution in [1.82, 2.24) is 4.98 Å². The van der Waals surface area contributed by atoms with Crippen LogP contribution < -0.4 is 15.4 Å². The lowest BCUT2D eigenvalue weighted by Crippen LogP contribution is -2.36. The van der Waals surface area contributed by atoms with Gasteiger partial charge in [-0.05, 0) is 24.3 Å². The van der Waals surface area contributed by atoms with Crippen LogP contribution in [0.3, 0.4) is 0 Å². The highest BCUT2D eigenvalue weighted by Crippen LogP contribution is 2.29. The maximum absolute atomic E-state index is 12.5. The minimum atomic E-state index is 0.151. The largest absolute Gasteiger partial charge is 0.489 e. The van der Waals surface area contributed by atoms with Gasteiger partial charge in [0.05, 0.1) is 19.5 Å². The highest BCUT2D eigenvalue weighted by molar-refractivity contribution is 7.13. The number of nitrogens with zero attached hydrogens (tertiary/aromatic N) is 2. The molecule has 1 aliphatic rings. The van der Waals surface area contributed by atoms with Crippen molar-refractivity contribution in [2.75, 3.05) is 44.4 Å². The number of rotatable bonds is 6. The number of hydrogen-bond acceptors (Lipinski definition) is 6. The van der Waals surface area contributed by atoms with E-state index in [-0.39, 0.29) is 13.2 Å². The van der Waals surface area contributed by atoms with Crippen molar-refractivity contribution < 1.29 is 13.9 Å². The number of anilines is 1. The summed E-state index contributed by atoms with van der Waals surface area (Å²) in [7, 11) is 0. The lowest BCUT2D eigenvalue weighted by molar-refractivity contribution is 0.122. The minimum Gasteiger partial charge on any atom is -0.489 e. The first-order valence-electron chi connectivity index (χ1n) is 7.80. The Labute approximate surface area is 144 Å². The number of halogens is 1. The third-order valence-corrected chi connectivity index (χ3v) is 4.65. The van der Waals surface area contributed by atoms with Gasteiger partial charge in [0, 0.05) is 36.2 Å². The fourth-order valence-electron chi connectivity index (χ4n) is 2.34. The first-order chi connectivity index (χ1) is 11.8. The molecular formula is C17H20FN3O2S. The van der Waals surface area contributed by atoms with E-state index >= 15 is 0 Å². The van der Waals surface area contributed by atoms with Crippen LogP contribution in [-0.2, 0) is 4.74 Å². The van der Waals surface area contributed by atoms with Crippen LogP contribution in [0.1, 0.15) is 0 Å². The van der Waals surface area contributed by atoms with Crippen LogP contribution in [0.2, 0.25) is 0 Å². The molecule has 2 heterocycles. The average molecular weight is 349 g/mol. The summed E-state index contributed by atoms with van der Waals surface area (Å²) in [6, 6.07) is 7.63. The van der Waals surface area contributed by atoms with Crippen LogP contribution in [0.15, 0.2) is 41.5 Å². The number of hydrogen-bond donors (Lipinski definition) is 1. The van der Waals surface area contributed by atoms with Crippen molar-refractivity contribution in [1.29, 1.82) is 0 Å². The van der Waals surface area contributed by atoms with Gasteiger partial charge in [0.1, 0.15) is 23.2 Å². The predicted molar refractivity (Wildman–Crippen MR) is 94.3 cm³/mol. The van der Waals surface area contributed by atoms with Gasteiger partial charge in [-0.2, -0.15) is 0 Å². The molecule has 7 heteroatoms. The van der Waals surface area contributed by atoms with E-state index < -0.39 is 0 Å². The Balaban J connectivity index is 1.64. The third-order valence-electron chi connectivity index (χ3n) is 3.77. The molecule has 2 N–H and O–H groups in total. The number of benzene rings is 1. The highest BCUT2D eigenvalue weighted by Gasteiger charge is 2.14. The molecule has 0 saturated carbocycles. The lowest BCUT2D eigenvalue weighted by Gasteiger charge is -2.26. The van der Waals surface area contributed by atoms with Gasteiger partial charge in [-0.1, -0.05) is 0 Å². The van der Waals surface area contributed by atoms with E-state index in [1.165, 1.54) is 0 Å². The molecule has 1 fully saturated rings. The molecular weight excluding hydrogens is 329 g/mol. The van der Waals surface area contributed by atoms with Crippen LogP contribution in [0, 0.1) is 0 Å². The summed E-state index contributed by atoms with van der Waals surface area (Å²) < 4.78 is 23.3. The summed E-state index contributed by atoms with van der Waals surface area (Å²) in [6.45, 7) is 3.56. The zero-order valence-corrected chi connectivity index (χ0v) is 14.1. The standard InChI is InChI=1S/C17H20FN3O2S/c18-9-13(10-19)11-23-15-3-1-14(2-4-15)17-20-16(12-24-17)21-5-7-22-8-6-21/h1-4,9,12H,5-8,10-11,19H2/b13-9+. The normalized spacial score (nSPS) is 15.6. The SMILES string of the molecule is NC/C(=C\F)COc1ccc(-c2nc(N3CCOCC3)cs2)cc1. The maximum atomic E-state index is 12.5. The van der Waals surface area contributed by atoms with Crippen molar-refractivity contribution in [2.45, 2.75) is 0 Å². The van der Waals surface area contributed by atoms with Gasteiger partial charge in [-0.3, -0.25) is 0 Å². The van der Waals surface area contributed by atoms with Gasteiger partial charge in [0.25, 0.3) is 0 Å². The molecule has 0 unspecified atom stereocenters. The summed E-state index contributed by atoms with van der Waals surface area (Å²) in [4.78, 5) is 6.94. The van der Waals surface area contributed by atoms with E-state index in [2.05, 4.69) is 10.3 Å². The van der Waals surface area contributed by atoms with Crippen molar-refractivity contribution in [3.63, 3.8) is 0 Å². The molecule has 2 aromatic rings. The van der Waals surface area contributed by atoms with Crippen LogP contribution in [0.25, 0.3) is 10.6 Å². The second kappa shape index (κ2) is 8.23. The Hall–Kier alpha value is -1.96. The van der Waals surface area contributed by atoms with Crippen LogP contribution >= 0.6 is 11.3 Å². The molecule has 0 amide bonds. The van der Waals surface area contributed by atoms with Gasteiger partial charge in [0.15, 0.2) is 0 Å². The van der Waals surface area contributed by atoms with Crippen molar-refractivity contribution in [2.24, 2.45) is 5.73 Å². The Morgan fingerprint density at radius 2 is 2.08 bits per heavy atom. The molecule has 128 valence electrons. The van der Waals surface area contributed by atoms with E-state index in [1.54, 1.807) is 11.3 Å². The van der Waals surface area contributed by atoms with E-state index in [0.29, 0.717) is 17.7 Å². The Kier molecular flexibility index (Phi) is 5.79. The quantitative estimate of drug-likeness (QED) is 0.869. The summed E-state index contributed by atoms with van der Waals surface area (Å²) in [5.74, 6) is 1.68. The zero-order valence-electron chi connectivity index (χ0n) is 13.3. The van der Waals surface area contributed by atoms with E-state index in [1.807, 2.05) is 24.3 Å². The van der Waals surface area contributed by atoms with Crippen molar-refractivity contribution >= 4 is 17.2 Å². The van der Waals surface area contributed by atoms with Gasteiger partial charge < -0.3 is 20.1 Å². The number of thiazole rings is 1. The van der Waals surface area contributed by atoms with E-state index in [9.17, 15) is 4.39 Å². The highest BCUT2D eigenvalue weighted by atomic mass is 32.1. The Morgan fingerprint density at radius 1 is 1.33 bits per heavy atom. The number of morpholine rings is 1. The minimum absolute atomic E-state index is 0.151. The van der Waals surface area contributed by atoms with Crippen LogP contribution in [0.4, 0.5) is 10.2 Å². The molecule has 0 spiro atoms. The van der Waals surface area contributed by atoms with Crippen molar-refractivity contribution in [3.05, 3.63) is 41.5 Å². The number of aromatic nitrogens is 1. The monoisotopic (exact) mass is 349 g/mol. The van der Waals surface area contributed by atoms with Gasteiger partial charge in [0.2, 0.25) is 0 Å². The average Bonchev–Trinajstić information content (AvgIpc) is 3.14. The van der Waals surface area contributed by atoms with Gasteiger partial charge in [-0.25, -0.2) is 9.37 Å². The van der Waals surface area contributed by atoms with Crippen molar-refractivity contribution in [3.8, 4) is 16.3 Å². The summed E-state index contributed by atoms with van der Waals surface area (Å²) in [5, 5.41) is 3.04. The molecule has 1 aliphatic heterocycles. The predicted octanol–water partition coefficient (Wildman–Crippen LogP) is 2.84. The van der Waals surface area contributed by atoms with Crippen LogP contribution in [-0.4, -0.2) is 44.4 Å². The molecule has 5 nitrogen and oxygen atoms in total. The molecule has 1 aromatic heterocycles. The molecule has 1 saturated heterocycles. The van der Waals surface area contributed by atoms with E-state index in [4.69, 9.17) is 20.2 Å². The zero-order chi connectivity index (χ0) is 16.8. The maximum Gasteiger partial charge on any atom is 0.140 e. The smallest absolute Gasteiger partial charge is 0.140 e. The molecule has 0 bridgehead atoms. The fraction of sp³-hybridized carbons (Fsp3) is 0.353. The molecule has 0 atom stereocenters. The third kappa shape index (κ3) is 4.11. The first kappa shape index (κ1) is 16.9. The lowest BCUT2D eigenvalue weighted by atomic mass is 10.2. The molecule has 0 aliphatic carbocycles. The first-order valence-corrected chi connectivity index (χ1v) is 8.68. The molecule has 0 radical (unpaired) electrons. The molecule has 1 aromatic carbocycles. The van der Waals surface area contributed by atoms with Gasteiger partial charge in [-0.15, -0.1) is 11.3 Å². The number of ether oxygens (including phenoxy) is 2. The Morgan fingerprint density at radius 3 is 2.75 bits per heavy atom. The summed E-state index contributed by atoms with van der Waals surface area (Å²) >= 11 is 1.62. The molecule has 24 heavy (non-hydrogen) atoms. The molecule has 3 rings (SSSR count). The second-order valence-electron chi connectivity index (χ2n) is 5.39. The fourth-order valence-corrected chi connectivity index (χ4v) is 3.18. The second-order valence-corrected chi connectivity index (χ2v) is 6.25. The van der Waals surface area contributed by atoms with Crippen LogP contribution in [0.5, 0.6) is 5.75 Å². The van der Waals surface area contributed by atoms with Gasteiger partial charge >= 0.3 is 0 Å². The summed E-state index contributed by atoms with van der Waals surface area (Å²) in [5.41, 5.74) is 6.86.